The molecule has 3 atom stereocenters. The predicted molar refractivity (Wildman–Crippen MR) is 73.1 cm³/mol. The van der Waals surface area contributed by atoms with Gasteiger partial charge in [-0.25, -0.2) is 14.6 Å². The molecule has 0 saturated carbocycles. The molecule has 0 spiro atoms. The molecule has 0 radical (unpaired) electrons. The SMILES string of the molecule is CSc1nc(N)c2cnn([C@H]3C[C@H](O)[C@@H](CO)O3)c2n1. The Hall–Kier alpha value is -1.42. The molecule has 0 aromatic carbocycles. The molecule has 0 bridgehead atoms. The Labute approximate surface area is 119 Å². The van der Waals surface area contributed by atoms with Crippen molar-refractivity contribution in [3.05, 3.63) is 6.20 Å². The van der Waals surface area contributed by atoms with Gasteiger partial charge in [0.15, 0.2) is 17.0 Å². The third-order valence-electron chi connectivity index (χ3n) is 3.30. The number of ether oxygens (including phenoxy) is 1. The van der Waals surface area contributed by atoms with Gasteiger partial charge in [-0.1, -0.05) is 11.8 Å². The van der Waals surface area contributed by atoms with Gasteiger partial charge in [-0.3, -0.25) is 0 Å². The minimum absolute atomic E-state index is 0.232. The fourth-order valence-corrected chi connectivity index (χ4v) is 2.62. The molecule has 2 aromatic rings. The molecule has 1 saturated heterocycles. The molecule has 2 aromatic heterocycles. The summed E-state index contributed by atoms with van der Waals surface area (Å²) in [6, 6.07) is 0. The summed E-state index contributed by atoms with van der Waals surface area (Å²) in [6.07, 6.45) is 2.00. The zero-order valence-electron chi connectivity index (χ0n) is 10.8. The lowest BCUT2D eigenvalue weighted by molar-refractivity contribution is -0.0470. The van der Waals surface area contributed by atoms with Gasteiger partial charge in [-0.15, -0.1) is 0 Å². The minimum Gasteiger partial charge on any atom is -0.394 e. The number of aromatic nitrogens is 4. The van der Waals surface area contributed by atoms with E-state index >= 15 is 0 Å². The number of aliphatic hydroxyl groups is 2. The molecule has 108 valence electrons. The number of hydrogen-bond donors (Lipinski definition) is 3. The van der Waals surface area contributed by atoms with Crippen molar-refractivity contribution >= 4 is 28.6 Å². The summed E-state index contributed by atoms with van der Waals surface area (Å²) in [5.74, 6) is 0.364. The van der Waals surface area contributed by atoms with E-state index < -0.39 is 18.4 Å². The molecule has 8 nitrogen and oxygen atoms in total. The lowest BCUT2D eigenvalue weighted by atomic mass is 10.2. The van der Waals surface area contributed by atoms with E-state index in [4.69, 9.17) is 15.6 Å². The van der Waals surface area contributed by atoms with Crippen LogP contribution in [0.2, 0.25) is 0 Å². The number of rotatable bonds is 3. The second-order valence-corrected chi connectivity index (χ2v) is 5.31. The average Bonchev–Trinajstić information content (AvgIpc) is 3.01. The van der Waals surface area contributed by atoms with Crippen molar-refractivity contribution < 1.29 is 14.9 Å². The Morgan fingerprint density at radius 1 is 1.55 bits per heavy atom. The maximum atomic E-state index is 9.80. The highest BCUT2D eigenvalue weighted by Gasteiger charge is 2.35. The third-order valence-corrected chi connectivity index (χ3v) is 3.85. The van der Waals surface area contributed by atoms with Gasteiger partial charge in [0, 0.05) is 6.42 Å². The molecular formula is C11H15N5O3S. The first-order valence-corrected chi connectivity index (χ1v) is 7.35. The van der Waals surface area contributed by atoms with E-state index in [1.807, 2.05) is 6.26 Å². The van der Waals surface area contributed by atoms with Crippen LogP contribution in [0.1, 0.15) is 12.6 Å². The molecule has 1 fully saturated rings. The summed E-state index contributed by atoms with van der Waals surface area (Å²) in [5, 5.41) is 24.3. The number of nitrogens with zero attached hydrogens (tertiary/aromatic N) is 4. The number of nitrogen functional groups attached to an aromatic ring is 1. The quantitative estimate of drug-likeness (QED) is 0.525. The van der Waals surface area contributed by atoms with Crippen molar-refractivity contribution in [2.75, 3.05) is 18.6 Å². The van der Waals surface area contributed by atoms with Crippen LogP contribution in [-0.4, -0.2) is 55.0 Å². The van der Waals surface area contributed by atoms with E-state index in [-0.39, 0.29) is 6.61 Å². The second kappa shape index (κ2) is 5.17. The monoisotopic (exact) mass is 297 g/mol. The number of thioether (sulfide) groups is 1. The van der Waals surface area contributed by atoms with Gasteiger partial charge in [-0.05, 0) is 6.26 Å². The molecule has 4 N–H and O–H groups in total. The van der Waals surface area contributed by atoms with E-state index in [9.17, 15) is 5.11 Å². The fraction of sp³-hybridized carbons (Fsp3) is 0.545. The van der Waals surface area contributed by atoms with Crippen LogP contribution in [0.5, 0.6) is 0 Å². The van der Waals surface area contributed by atoms with Crippen LogP contribution < -0.4 is 5.73 Å². The molecule has 0 aliphatic carbocycles. The van der Waals surface area contributed by atoms with Gasteiger partial charge in [-0.2, -0.15) is 5.10 Å². The molecule has 3 heterocycles. The standard InChI is InChI=1S/C11H15N5O3S/c1-20-11-14-9(12)5-3-13-16(10(5)15-11)8-2-6(18)7(4-17)19-8/h3,6-8,17-18H,2,4H2,1H3,(H2,12,14,15)/t6-,7+,8+/m0/s1. The number of nitrogens with two attached hydrogens (primary N) is 1. The normalized spacial score (nSPS) is 26.4. The fourth-order valence-electron chi connectivity index (χ4n) is 2.26. The summed E-state index contributed by atoms with van der Waals surface area (Å²) in [5.41, 5.74) is 6.44. The first kappa shape index (κ1) is 13.6. The Morgan fingerprint density at radius 3 is 3.00 bits per heavy atom. The Balaban J connectivity index is 2.02. The van der Waals surface area contributed by atoms with Crippen molar-refractivity contribution in [2.24, 2.45) is 0 Å². The zero-order valence-corrected chi connectivity index (χ0v) is 11.6. The average molecular weight is 297 g/mol. The van der Waals surface area contributed by atoms with Gasteiger partial charge < -0.3 is 20.7 Å². The van der Waals surface area contributed by atoms with E-state index in [1.165, 1.54) is 11.8 Å². The second-order valence-electron chi connectivity index (χ2n) is 4.54. The number of aliphatic hydroxyl groups excluding tert-OH is 2. The molecular weight excluding hydrogens is 282 g/mol. The summed E-state index contributed by atoms with van der Waals surface area (Å²) >= 11 is 1.38. The maximum Gasteiger partial charge on any atom is 0.191 e. The molecule has 1 aliphatic heterocycles. The lowest BCUT2D eigenvalue weighted by Gasteiger charge is -2.13. The smallest absolute Gasteiger partial charge is 0.191 e. The van der Waals surface area contributed by atoms with Crippen molar-refractivity contribution in [3.63, 3.8) is 0 Å². The maximum absolute atomic E-state index is 9.80. The van der Waals surface area contributed by atoms with E-state index in [0.29, 0.717) is 28.4 Å². The minimum atomic E-state index is -0.719. The number of hydrogen-bond acceptors (Lipinski definition) is 8. The topological polar surface area (TPSA) is 119 Å². The van der Waals surface area contributed by atoms with Gasteiger partial charge in [0.25, 0.3) is 0 Å². The third kappa shape index (κ3) is 2.12. The lowest BCUT2D eigenvalue weighted by Crippen LogP contribution is -2.24. The van der Waals surface area contributed by atoms with Crippen molar-refractivity contribution in [2.45, 2.75) is 30.0 Å². The number of anilines is 1. The van der Waals surface area contributed by atoms with E-state index in [0.717, 1.165) is 0 Å². The first-order chi connectivity index (χ1) is 9.63. The van der Waals surface area contributed by atoms with Crippen molar-refractivity contribution in [3.8, 4) is 0 Å². The van der Waals surface area contributed by atoms with Crippen LogP contribution in [0.25, 0.3) is 11.0 Å². The largest absolute Gasteiger partial charge is 0.394 e. The Morgan fingerprint density at radius 2 is 2.35 bits per heavy atom. The molecule has 3 rings (SSSR count). The first-order valence-electron chi connectivity index (χ1n) is 6.13. The highest BCUT2D eigenvalue weighted by molar-refractivity contribution is 7.98. The molecule has 0 amide bonds. The van der Waals surface area contributed by atoms with Crippen LogP contribution in [0.15, 0.2) is 11.4 Å². The zero-order chi connectivity index (χ0) is 14.3. The summed E-state index contributed by atoms with van der Waals surface area (Å²) in [6.45, 7) is -0.232. The Kier molecular flexibility index (Phi) is 3.50. The van der Waals surface area contributed by atoms with Crippen LogP contribution in [0.4, 0.5) is 5.82 Å². The molecule has 0 unspecified atom stereocenters. The van der Waals surface area contributed by atoms with Gasteiger partial charge in [0.1, 0.15) is 11.9 Å². The molecule has 20 heavy (non-hydrogen) atoms. The predicted octanol–water partition coefficient (Wildman–Crippen LogP) is -0.229. The highest BCUT2D eigenvalue weighted by Crippen LogP contribution is 2.31. The Bertz CT molecular complexity index is 634. The van der Waals surface area contributed by atoms with Crippen LogP contribution in [0.3, 0.4) is 0 Å². The summed E-state index contributed by atoms with van der Waals surface area (Å²) in [7, 11) is 0. The molecule has 9 heteroatoms. The van der Waals surface area contributed by atoms with Crippen LogP contribution >= 0.6 is 11.8 Å². The van der Waals surface area contributed by atoms with Gasteiger partial charge in [0.05, 0.1) is 24.3 Å². The summed E-state index contributed by atoms with van der Waals surface area (Å²) < 4.78 is 7.16. The van der Waals surface area contributed by atoms with Gasteiger partial charge >= 0.3 is 0 Å². The van der Waals surface area contributed by atoms with Crippen molar-refractivity contribution in [1.82, 2.24) is 19.7 Å². The number of fused-ring (bicyclic) bond motifs is 1. The van der Waals surface area contributed by atoms with E-state index in [1.54, 1.807) is 10.9 Å². The highest BCUT2D eigenvalue weighted by atomic mass is 32.2. The van der Waals surface area contributed by atoms with Crippen LogP contribution in [-0.2, 0) is 4.74 Å². The van der Waals surface area contributed by atoms with Crippen molar-refractivity contribution in [1.29, 1.82) is 0 Å². The summed E-state index contributed by atoms with van der Waals surface area (Å²) in [4.78, 5) is 8.54. The molecule has 1 aliphatic rings. The van der Waals surface area contributed by atoms with E-state index in [2.05, 4.69) is 15.1 Å². The van der Waals surface area contributed by atoms with Gasteiger partial charge in [0.2, 0.25) is 0 Å². The van der Waals surface area contributed by atoms with Crippen LogP contribution in [0, 0.1) is 0 Å².